The molecule has 1 aromatic carbocycles. The quantitative estimate of drug-likeness (QED) is 0.833. The molecule has 1 saturated heterocycles. The summed E-state index contributed by atoms with van der Waals surface area (Å²) < 4.78 is 34.4. The molecule has 6 nitrogen and oxygen atoms in total. The van der Waals surface area contributed by atoms with Crippen LogP contribution in [0.5, 0.6) is 5.75 Å². The number of likely N-dealkylation sites (N-methyl/N-ethyl adjacent to an activating group) is 1. The van der Waals surface area contributed by atoms with Gasteiger partial charge in [-0.2, -0.15) is 8.42 Å². The fourth-order valence-electron chi connectivity index (χ4n) is 3.20. The second-order valence-electron chi connectivity index (χ2n) is 5.99. The number of hydrogen-bond acceptors (Lipinski definition) is 5. The number of benzene rings is 1. The first-order valence-corrected chi connectivity index (χ1v) is 9.58. The molecule has 3 rings (SSSR count). The van der Waals surface area contributed by atoms with Crippen LogP contribution in [0.15, 0.2) is 34.2 Å². The van der Waals surface area contributed by atoms with Gasteiger partial charge in [-0.3, -0.25) is 0 Å². The van der Waals surface area contributed by atoms with Crippen molar-refractivity contribution in [3.05, 3.63) is 35.4 Å². The molecule has 24 heavy (non-hydrogen) atoms. The molecule has 2 aliphatic rings. The summed E-state index contributed by atoms with van der Waals surface area (Å²) in [6.07, 6.45) is 0. The Balaban J connectivity index is 1.91. The first-order chi connectivity index (χ1) is 11.5. The highest BCUT2D eigenvalue weighted by atomic mass is 32.2. The van der Waals surface area contributed by atoms with Crippen molar-refractivity contribution in [2.75, 3.05) is 39.8 Å². The minimum absolute atomic E-state index is 0.304. The van der Waals surface area contributed by atoms with Gasteiger partial charge in [0, 0.05) is 31.8 Å². The number of sulfonamides is 1. The predicted octanol–water partition coefficient (Wildman–Crippen LogP) is 1.81. The summed E-state index contributed by atoms with van der Waals surface area (Å²) in [6.45, 7) is 8.46. The first kappa shape index (κ1) is 17.0. The highest BCUT2D eigenvalue weighted by Gasteiger charge is 2.34. The van der Waals surface area contributed by atoms with Crippen molar-refractivity contribution in [3.8, 4) is 5.75 Å². The van der Waals surface area contributed by atoms with Crippen LogP contribution in [0.1, 0.15) is 19.4 Å². The molecule has 0 N–H and O–H groups in total. The van der Waals surface area contributed by atoms with Crippen molar-refractivity contribution in [1.82, 2.24) is 9.80 Å². The Hall–Kier alpha value is -1.86. The maximum absolute atomic E-state index is 12.6. The Labute approximate surface area is 143 Å². The number of rotatable bonds is 3. The van der Waals surface area contributed by atoms with Crippen LogP contribution in [0.4, 0.5) is 0 Å². The summed E-state index contributed by atoms with van der Waals surface area (Å²) in [6, 6.07) is 7.07. The van der Waals surface area contributed by atoms with Gasteiger partial charge in [-0.1, -0.05) is 6.92 Å². The van der Waals surface area contributed by atoms with E-state index < -0.39 is 10.0 Å². The van der Waals surface area contributed by atoms with Crippen LogP contribution in [0.25, 0.3) is 4.91 Å². The van der Waals surface area contributed by atoms with Gasteiger partial charge in [0.1, 0.15) is 16.5 Å². The summed E-state index contributed by atoms with van der Waals surface area (Å²) in [7, 11) is -2.07. The van der Waals surface area contributed by atoms with E-state index >= 15 is 0 Å². The number of methoxy groups -OCH3 is 1. The smallest absolute Gasteiger partial charge is 0.285 e. The van der Waals surface area contributed by atoms with Gasteiger partial charge in [0.2, 0.25) is 0 Å². The van der Waals surface area contributed by atoms with E-state index in [0.717, 1.165) is 38.3 Å². The van der Waals surface area contributed by atoms with Gasteiger partial charge in [-0.15, -0.1) is 4.40 Å². The molecule has 1 aromatic rings. The van der Waals surface area contributed by atoms with Gasteiger partial charge < -0.3 is 14.5 Å². The average molecular weight is 349 g/mol. The van der Waals surface area contributed by atoms with Crippen LogP contribution in [-0.4, -0.2) is 63.9 Å². The van der Waals surface area contributed by atoms with E-state index in [9.17, 15) is 8.42 Å². The van der Waals surface area contributed by atoms with E-state index in [2.05, 4.69) is 21.1 Å². The van der Waals surface area contributed by atoms with E-state index in [1.54, 1.807) is 31.4 Å². The molecule has 2 aliphatic heterocycles. The number of nitrogens with zero attached hydrogens (tertiary/aromatic N) is 3. The van der Waals surface area contributed by atoms with Gasteiger partial charge in [0.15, 0.2) is 0 Å². The summed E-state index contributed by atoms with van der Waals surface area (Å²) in [4.78, 5) is 4.73. The molecule has 0 bridgehead atoms. The highest BCUT2D eigenvalue weighted by molar-refractivity contribution is 8.00. The van der Waals surface area contributed by atoms with Gasteiger partial charge in [0.25, 0.3) is 10.0 Å². The zero-order valence-electron chi connectivity index (χ0n) is 14.3. The first-order valence-electron chi connectivity index (χ1n) is 8.14. The minimum atomic E-state index is -3.65. The van der Waals surface area contributed by atoms with Crippen LogP contribution in [0.2, 0.25) is 0 Å². The maximum atomic E-state index is 12.6. The summed E-state index contributed by atoms with van der Waals surface area (Å²) in [5.41, 5.74) is 1.38. The molecule has 0 saturated carbocycles. The van der Waals surface area contributed by atoms with E-state index in [4.69, 9.17) is 4.74 Å². The van der Waals surface area contributed by atoms with Crippen LogP contribution < -0.4 is 4.74 Å². The topological polar surface area (TPSA) is 62.2 Å². The van der Waals surface area contributed by atoms with Crippen molar-refractivity contribution in [2.45, 2.75) is 13.8 Å². The van der Waals surface area contributed by atoms with Crippen molar-refractivity contribution in [3.63, 3.8) is 0 Å². The average Bonchev–Trinajstić information content (AvgIpc) is 2.84. The lowest BCUT2D eigenvalue weighted by atomic mass is 10.1. The fourth-order valence-corrected chi connectivity index (χ4v) is 4.69. The van der Waals surface area contributed by atoms with Crippen LogP contribution >= 0.6 is 0 Å². The Morgan fingerprint density at radius 3 is 2.29 bits per heavy atom. The summed E-state index contributed by atoms with van der Waals surface area (Å²) in [5, 5.41) is 0. The molecule has 7 heteroatoms. The lowest BCUT2D eigenvalue weighted by Gasteiger charge is -2.35. The fraction of sp³-hybridized carbons (Fsp3) is 0.471. The predicted molar refractivity (Wildman–Crippen MR) is 95.6 cm³/mol. The van der Waals surface area contributed by atoms with E-state index in [-0.39, 0.29) is 0 Å². The van der Waals surface area contributed by atoms with E-state index in [1.165, 1.54) is 0 Å². The maximum Gasteiger partial charge on any atom is 0.285 e. The largest absolute Gasteiger partial charge is 0.497 e. The summed E-state index contributed by atoms with van der Waals surface area (Å²) in [5.74, 6) is 1.29. The lowest BCUT2D eigenvalue weighted by molar-refractivity contribution is 0.190. The Kier molecular flexibility index (Phi) is 4.64. The van der Waals surface area contributed by atoms with E-state index in [0.29, 0.717) is 22.1 Å². The van der Waals surface area contributed by atoms with Gasteiger partial charge in [-0.05, 0) is 43.3 Å². The highest BCUT2D eigenvalue weighted by Crippen LogP contribution is 2.34. The van der Waals surface area contributed by atoms with Crippen LogP contribution in [0.3, 0.4) is 0 Å². The third-order valence-corrected chi connectivity index (χ3v) is 6.08. The minimum Gasteiger partial charge on any atom is -0.497 e. The second kappa shape index (κ2) is 6.57. The normalized spacial score (nSPS) is 21.1. The van der Waals surface area contributed by atoms with Crippen molar-refractivity contribution < 1.29 is 13.2 Å². The Bertz CT molecular complexity index is 774. The number of piperazine rings is 1. The second-order valence-corrected chi connectivity index (χ2v) is 7.53. The molecular formula is C17H23N3O3S. The Morgan fingerprint density at radius 1 is 1.12 bits per heavy atom. The standard InChI is InChI=1S/C17H23N3O3S/c1-4-19-9-11-20(12-10-19)17-13(2)16(24(21,22)18-17)14-5-7-15(23-3)8-6-14/h5-8H,4,9-12H2,1-3H3. The SMILES string of the molecule is CCN1CCN(C2=NS(=O)(=O)C(c3ccc(OC)cc3)=C2C)CC1. The lowest BCUT2D eigenvalue weighted by Crippen LogP contribution is -2.48. The summed E-state index contributed by atoms with van der Waals surface area (Å²) >= 11 is 0. The molecule has 0 unspecified atom stereocenters. The molecule has 0 spiro atoms. The number of hydrogen-bond donors (Lipinski definition) is 0. The molecule has 0 aliphatic carbocycles. The van der Waals surface area contributed by atoms with Gasteiger partial charge >= 0.3 is 0 Å². The molecule has 1 fully saturated rings. The van der Waals surface area contributed by atoms with Crippen molar-refractivity contribution in [2.24, 2.45) is 4.40 Å². The third kappa shape index (κ3) is 3.06. The monoisotopic (exact) mass is 349 g/mol. The number of amidine groups is 1. The molecule has 0 aromatic heterocycles. The zero-order chi connectivity index (χ0) is 17.3. The van der Waals surface area contributed by atoms with Crippen LogP contribution in [-0.2, 0) is 10.0 Å². The molecule has 0 amide bonds. The zero-order valence-corrected chi connectivity index (χ0v) is 15.1. The van der Waals surface area contributed by atoms with Crippen molar-refractivity contribution in [1.29, 1.82) is 0 Å². The molecule has 2 heterocycles. The van der Waals surface area contributed by atoms with Gasteiger partial charge in [0.05, 0.1) is 7.11 Å². The number of ether oxygens (including phenoxy) is 1. The van der Waals surface area contributed by atoms with E-state index in [1.807, 2.05) is 6.92 Å². The van der Waals surface area contributed by atoms with Crippen molar-refractivity contribution >= 4 is 20.8 Å². The molecule has 0 atom stereocenters. The Morgan fingerprint density at radius 2 is 1.75 bits per heavy atom. The molecule has 130 valence electrons. The molecule has 0 radical (unpaired) electrons. The third-order valence-electron chi connectivity index (χ3n) is 4.61. The van der Waals surface area contributed by atoms with Gasteiger partial charge in [-0.25, -0.2) is 0 Å². The molecular weight excluding hydrogens is 326 g/mol. The van der Waals surface area contributed by atoms with Crippen LogP contribution in [0, 0.1) is 0 Å².